The molecule has 3 nitrogen and oxygen atoms in total. The second kappa shape index (κ2) is 10.1. The third-order valence-electron chi connectivity index (χ3n) is 6.87. The van der Waals surface area contributed by atoms with Gasteiger partial charge in [0.15, 0.2) is 0 Å². The van der Waals surface area contributed by atoms with Crippen LogP contribution < -0.4 is 5.32 Å². The van der Waals surface area contributed by atoms with E-state index in [9.17, 15) is 9.18 Å². The Kier molecular flexibility index (Phi) is 7.29. The second-order valence-electron chi connectivity index (χ2n) is 8.99. The third-order valence-corrected chi connectivity index (χ3v) is 7.10. The number of fused-ring (bicyclic) bond motifs is 1. The molecule has 2 aliphatic rings. The van der Waals surface area contributed by atoms with Crippen LogP contribution >= 0.6 is 11.6 Å². The van der Waals surface area contributed by atoms with Gasteiger partial charge in [-0.15, -0.1) is 0 Å². The lowest BCUT2D eigenvalue weighted by molar-refractivity contribution is -0.127. The molecular weight excluding hydrogens is 411 g/mol. The fourth-order valence-corrected chi connectivity index (χ4v) is 5.08. The number of nitrogens with one attached hydrogen (secondary N) is 1. The number of carbonyl (C=O) groups is 1. The topological polar surface area (TPSA) is 32.3 Å². The van der Waals surface area contributed by atoms with Gasteiger partial charge in [0.1, 0.15) is 5.82 Å². The largest absolute Gasteiger partial charge is 0.349 e. The lowest BCUT2D eigenvalue weighted by atomic mass is 9.88. The van der Waals surface area contributed by atoms with Crippen molar-refractivity contribution in [2.75, 3.05) is 13.1 Å². The fraction of sp³-hybridized carbons (Fsp3) is 0.500. The summed E-state index contributed by atoms with van der Waals surface area (Å²) in [4.78, 5) is 15.2. The van der Waals surface area contributed by atoms with Gasteiger partial charge in [0.05, 0.1) is 6.04 Å². The van der Waals surface area contributed by atoms with Crippen molar-refractivity contribution in [2.24, 2.45) is 5.92 Å². The Morgan fingerprint density at radius 3 is 2.58 bits per heavy atom. The van der Waals surface area contributed by atoms with Gasteiger partial charge >= 0.3 is 0 Å². The molecule has 1 amide bonds. The molecule has 1 aliphatic heterocycles. The predicted molar refractivity (Wildman–Crippen MR) is 124 cm³/mol. The summed E-state index contributed by atoms with van der Waals surface area (Å²) in [5.41, 5.74) is 4.82. The number of benzene rings is 2. The van der Waals surface area contributed by atoms with Crippen LogP contribution in [0.5, 0.6) is 0 Å². The number of hydrogen-bond acceptors (Lipinski definition) is 2. The van der Waals surface area contributed by atoms with Crippen LogP contribution in [0.15, 0.2) is 36.4 Å². The van der Waals surface area contributed by atoms with Gasteiger partial charge in [0.25, 0.3) is 0 Å². The Labute approximate surface area is 190 Å². The van der Waals surface area contributed by atoms with Gasteiger partial charge < -0.3 is 5.32 Å². The summed E-state index contributed by atoms with van der Waals surface area (Å²) in [6.07, 6.45) is 7.38. The average molecular weight is 443 g/mol. The van der Waals surface area contributed by atoms with E-state index in [0.717, 1.165) is 38.8 Å². The molecule has 1 saturated heterocycles. The zero-order valence-corrected chi connectivity index (χ0v) is 19.1. The molecule has 4 rings (SSSR count). The molecular formula is C26H32ClFN2O. The molecule has 0 saturated carbocycles. The lowest BCUT2D eigenvalue weighted by Gasteiger charge is -2.32. The molecule has 1 atom stereocenters. The van der Waals surface area contributed by atoms with Crippen LogP contribution in [0.3, 0.4) is 0 Å². The molecule has 166 valence electrons. The Balaban J connectivity index is 1.31. The number of nitrogens with zero attached hydrogens (tertiary/aromatic N) is 1. The van der Waals surface area contributed by atoms with E-state index in [1.54, 1.807) is 12.1 Å². The Morgan fingerprint density at radius 2 is 1.87 bits per heavy atom. The van der Waals surface area contributed by atoms with Gasteiger partial charge in [-0.1, -0.05) is 42.8 Å². The van der Waals surface area contributed by atoms with Gasteiger partial charge in [0.2, 0.25) is 5.91 Å². The first-order valence-electron chi connectivity index (χ1n) is 11.6. The number of amides is 1. The van der Waals surface area contributed by atoms with Crippen molar-refractivity contribution in [1.29, 1.82) is 0 Å². The van der Waals surface area contributed by atoms with E-state index in [4.69, 9.17) is 11.6 Å². The average Bonchev–Trinajstić information content (AvgIpc) is 2.79. The maximum absolute atomic E-state index is 14.1. The maximum atomic E-state index is 14.1. The highest BCUT2D eigenvalue weighted by atomic mass is 35.5. The maximum Gasteiger partial charge on any atom is 0.223 e. The highest BCUT2D eigenvalue weighted by molar-refractivity contribution is 6.30. The molecule has 1 heterocycles. The van der Waals surface area contributed by atoms with Crippen molar-refractivity contribution in [3.63, 3.8) is 0 Å². The smallest absolute Gasteiger partial charge is 0.223 e. The van der Waals surface area contributed by atoms with Crippen molar-refractivity contribution in [1.82, 2.24) is 10.2 Å². The van der Waals surface area contributed by atoms with E-state index in [1.165, 1.54) is 42.0 Å². The molecule has 0 unspecified atom stereocenters. The molecule has 0 aromatic heterocycles. The van der Waals surface area contributed by atoms with Crippen molar-refractivity contribution >= 4 is 17.5 Å². The van der Waals surface area contributed by atoms with E-state index >= 15 is 0 Å². The molecule has 0 spiro atoms. The van der Waals surface area contributed by atoms with Crippen molar-refractivity contribution in [3.8, 4) is 0 Å². The fourth-order valence-electron chi connectivity index (χ4n) is 4.92. The third kappa shape index (κ3) is 5.48. The molecule has 0 radical (unpaired) electrons. The summed E-state index contributed by atoms with van der Waals surface area (Å²) in [5.74, 6) is -0.0805. The Morgan fingerprint density at radius 1 is 1.13 bits per heavy atom. The van der Waals surface area contributed by atoms with E-state index < -0.39 is 0 Å². The molecule has 1 fully saturated rings. The summed E-state index contributed by atoms with van der Waals surface area (Å²) in [6, 6.07) is 11.7. The van der Waals surface area contributed by atoms with Gasteiger partial charge in [-0.3, -0.25) is 9.69 Å². The van der Waals surface area contributed by atoms with Crippen LogP contribution in [0, 0.1) is 11.7 Å². The number of likely N-dealkylation sites (tertiary alicyclic amines) is 1. The summed E-state index contributed by atoms with van der Waals surface area (Å²) >= 11 is 5.85. The first kappa shape index (κ1) is 22.3. The number of hydrogen-bond donors (Lipinski definition) is 1. The van der Waals surface area contributed by atoms with E-state index in [2.05, 4.69) is 35.3 Å². The predicted octanol–water partition coefficient (Wildman–Crippen LogP) is 5.84. The van der Waals surface area contributed by atoms with Gasteiger partial charge in [0, 0.05) is 23.0 Å². The zero-order valence-electron chi connectivity index (χ0n) is 18.3. The molecule has 1 N–H and O–H groups in total. The number of carbonyl (C=O) groups excluding carboxylic acids is 1. The monoisotopic (exact) mass is 442 g/mol. The minimum Gasteiger partial charge on any atom is -0.349 e. The quantitative estimate of drug-likeness (QED) is 0.609. The Hall–Kier alpha value is -1.91. The van der Waals surface area contributed by atoms with Crippen LogP contribution in [-0.4, -0.2) is 23.9 Å². The first-order chi connectivity index (χ1) is 15.0. The van der Waals surface area contributed by atoms with Crippen LogP contribution in [0.2, 0.25) is 5.02 Å². The van der Waals surface area contributed by atoms with Gasteiger partial charge in [-0.05, 0) is 86.9 Å². The second-order valence-corrected chi connectivity index (χ2v) is 9.43. The van der Waals surface area contributed by atoms with Crippen molar-refractivity contribution < 1.29 is 9.18 Å². The van der Waals surface area contributed by atoms with Crippen LogP contribution in [0.1, 0.15) is 67.3 Å². The molecule has 5 heteroatoms. The SMILES string of the molecule is CC[C@H](NC(=O)C1CCN(Cc2ccc(Cl)cc2F)CC1)c1ccc2c(c1)CCCC2. The highest BCUT2D eigenvalue weighted by Crippen LogP contribution is 2.27. The minimum absolute atomic E-state index is 0.0259. The standard InChI is InChI=1S/C26H32ClFN2O/c1-2-25(21-8-7-18-5-3-4-6-20(18)15-21)29-26(31)19-11-13-30(14-12-19)17-22-9-10-23(27)16-24(22)28/h7-10,15-16,19,25H,2-6,11-14,17H2,1H3,(H,29,31)/t25-/m0/s1. The van der Waals surface area contributed by atoms with E-state index in [-0.39, 0.29) is 23.7 Å². The van der Waals surface area contributed by atoms with Crippen LogP contribution in [-0.2, 0) is 24.2 Å². The normalized spacial score (nSPS) is 18.4. The first-order valence-corrected chi connectivity index (χ1v) is 12.0. The Bertz CT molecular complexity index is 924. The number of piperidine rings is 1. The molecule has 31 heavy (non-hydrogen) atoms. The summed E-state index contributed by atoms with van der Waals surface area (Å²) in [5, 5.41) is 3.72. The molecule has 2 aromatic rings. The molecule has 0 bridgehead atoms. The number of aryl methyl sites for hydroxylation is 2. The van der Waals surface area contributed by atoms with Crippen LogP contribution in [0.25, 0.3) is 0 Å². The van der Waals surface area contributed by atoms with Crippen molar-refractivity contribution in [3.05, 3.63) is 69.5 Å². The van der Waals surface area contributed by atoms with Gasteiger partial charge in [-0.25, -0.2) is 4.39 Å². The van der Waals surface area contributed by atoms with E-state index in [1.807, 2.05) is 0 Å². The summed E-state index contributed by atoms with van der Waals surface area (Å²) in [6.45, 7) is 4.29. The van der Waals surface area contributed by atoms with Crippen LogP contribution in [0.4, 0.5) is 4.39 Å². The number of halogens is 2. The van der Waals surface area contributed by atoms with E-state index in [0.29, 0.717) is 17.1 Å². The number of rotatable bonds is 6. The van der Waals surface area contributed by atoms with Gasteiger partial charge in [-0.2, -0.15) is 0 Å². The molecule has 2 aromatic carbocycles. The zero-order chi connectivity index (χ0) is 21.8. The highest BCUT2D eigenvalue weighted by Gasteiger charge is 2.27. The summed E-state index contributed by atoms with van der Waals surface area (Å²) in [7, 11) is 0. The van der Waals surface area contributed by atoms with Crippen molar-refractivity contribution in [2.45, 2.75) is 64.5 Å². The minimum atomic E-state index is -0.261. The lowest BCUT2D eigenvalue weighted by Crippen LogP contribution is -2.41. The summed E-state index contributed by atoms with van der Waals surface area (Å²) < 4.78 is 14.1. The molecule has 1 aliphatic carbocycles.